The summed E-state index contributed by atoms with van der Waals surface area (Å²) >= 11 is 0. The van der Waals surface area contributed by atoms with Crippen LogP contribution in [0.25, 0.3) is 0 Å². The molecule has 1 N–H and O–H groups in total. The first-order valence-corrected chi connectivity index (χ1v) is 6.10. The third kappa shape index (κ3) is 1.70. The molecule has 1 atom stereocenters. The van der Waals surface area contributed by atoms with Crippen molar-refractivity contribution < 1.29 is 9.84 Å². The minimum Gasteiger partial charge on any atom is -0.390 e. The van der Waals surface area contributed by atoms with Crippen LogP contribution in [0.4, 0.5) is 0 Å². The van der Waals surface area contributed by atoms with Crippen LogP contribution in [0.1, 0.15) is 51.9 Å². The molecule has 1 unspecified atom stereocenters. The Morgan fingerprint density at radius 3 is 2.36 bits per heavy atom. The molecular weight excluding hydrogens is 176 g/mol. The van der Waals surface area contributed by atoms with Crippen molar-refractivity contribution in [3.05, 3.63) is 0 Å². The summed E-state index contributed by atoms with van der Waals surface area (Å²) in [7, 11) is 0. The molecule has 0 heterocycles. The molecule has 2 rings (SSSR count). The van der Waals surface area contributed by atoms with Crippen molar-refractivity contribution in [3.8, 4) is 0 Å². The molecule has 2 fully saturated rings. The molecule has 82 valence electrons. The quantitative estimate of drug-likeness (QED) is 0.752. The summed E-state index contributed by atoms with van der Waals surface area (Å²) in [6.07, 6.45) is 8.10. The van der Waals surface area contributed by atoms with Crippen LogP contribution in [0.15, 0.2) is 0 Å². The maximum absolute atomic E-state index is 10.3. The van der Waals surface area contributed by atoms with Gasteiger partial charge in [0, 0.05) is 6.61 Å². The molecule has 0 saturated heterocycles. The zero-order valence-electron chi connectivity index (χ0n) is 9.17. The number of hydrogen-bond donors (Lipinski definition) is 1. The minimum atomic E-state index is -0.196. The van der Waals surface area contributed by atoms with Gasteiger partial charge in [-0.2, -0.15) is 0 Å². The molecule has 0 aromatic carbocycles. The molecular formula is C12H22O2. The SMILES string of the molecule is CCOC1(C(O)C2CCC2)CCCC1. The summed E-state index contributed by atoms with van der Waals surface area (Å²) in [4.78, 5) is 0. The van der Waals surface area contributed by atoms with Gasteiger partial charge in [-0.1, -0.05) is 19.3 Å². The van der Waals surface area contributed by atoms with E-state index in [-0.39, 0.29) is 11.7 Å². The highest BCUT2D eigenvalue weighted by atomic mass is 16.5. The third-order valence-corrected chi connectivity index (χ3v) is 4.02. The van der Waals surface area contributed by atoms with Crippen molar-refractivity contribution in [3.63, 3.8) is 0 Å². The van der Waals surface area contributed by atoms with Crippen LogP contribution in [-0.4, -0.2) is 23.4 Å². The molecule has 2 aliphatic carbocycles. The maximum atomic E-state index is 10.3. The van der Waals surface area contributed by atoms with Gasteiger partial charge in [-0.15, -0.1) is 0 Å². The van der Waals surface area contributed by atoms with E-state index in [4.69, 9.17) is 4.74 Å². The van der Waals surface area contributed by atoms with E-state index >= 15 is 0 Å². The van der Waals surface area contributed by atoms with E-state index in [2.05, 4.69) is 0 Å². The highest BCUT2D eigenvalue weighted by Gasteiger charge is 2.46. The number of aliphatic hydroxyl groups excluding tert-OH is 1. The fourth-order valence-corrected chi connectivity index (χ4v) is 2.97. The van der Waals surface area contributed by atoms with Crippen molar-refractivity contribution in [2.75, 3.05) is 6.61 Å². The van der Waals surface area contributed by atoms with Crippen LogP contribution in [-0.2, 0) is 4.74 Å². The summed E-state index contributed by atoms with van der Waals surface area (Å²) in [5.41, 5.74) is -0.167. The third-order valence-electron chi connectivity index (χ3n) is 4.02. The van der Waals surface area contributed by atoms with Crippen molar-refractivity contribution in [1.29, 1.82) is 0 Å². The molecule has 0 radical (unpaired) electrons. The first-order valence-electron chi connectivity index (χ1n) is 6.10. The fraction of sp³-hybridized carbons (Fsp3) is 1.00. The predicted molar refractivity (Wildman–Crippen MR) is 56.2 cm³/mol. The Morgan fingerprint density at radius 2 is 1.93 bits per heavy atom. The Hall–Kier alpha value is -0.0800. The van der Waals surface area contributed by atoms with E-state index in [1.807, 2.05) is 6.92 Å². The van der Waals surface area contributed by atoms with Gasteiger partial charge in [0.15, 0.2) is 0 Å². The smallest absolute Gasteiger partial charge is 0.0942 e. The van der Waals surface area contributed by atoms with Crippen molar-refractivity contribution >= 4 is 0 Å². The molecule has 0 amide bonds. The van der Waals surface area contributed by atoms with Crippen molar-refractivity contribution in [2.24, 2.45) is 5.92 Å². The van der Waals surface area contributed by atoms with Crippen LogP contribution in [0.3, 0.4) is 0 Å². The maximum Gasteiger partial charge on any atom is 0.0942 e. The van der Waals surface area contributed by atoms with E-state index in [9.17, 15) is 5.11 Å². The van der Waals surface area contributed by atoms with Gasteiger partial charge in [0.2, 0.25) is 0 Å². The summed E-state index contributed by atoms with van der Waals surface area (Å²) in [5.74, 6) is 0.527. The van der Waals surface area contributed by atoms with Gasteiger partial charge in [0.25, 0.3) is 0 Å². The van der Waals surface area contributed by atoms with Crippen LogP contribution < -0.4 is 0 Å². The molecule has 0 aromatic heterocycles. The van der Waals surface area contributed by atoms with Crippen LogP contribution in [0, 0.1) is 5.92 Å². The summed E-state index contributed by atoms with van der Waals surface area (Å²) in [6, 6.07) is 0. The van der Waals surface area contributed by atoms with Crippen LogP contribution in [0.5, 0.6) is 0 Å². The minimum absolute atomic E-state index is 0.167. The van der Waals surface area contributed by atoms with Crippen molar-refractivity contribution in [1.82, 2.24) is 0 Å². The molecule has 2 heteroatoms. The molecule has 0 bridgehead atoms. The molecule has 2 nitrogen and oxygen atoms in total. The summed E-state index contributed by atoms with van der Waals surface area (Å²) in [5, 5.41) is 10.3. The second-order valence-electron chi connectivity index (χ2n) is 4.84. The first kappa shape index (κ1) is 10.4. The zero-order valence-corrected chi connectivity index (χ0v) is 9.17. The number of aliphatic hydroxyl groups is 1. The molecule has 2 saturated carbocycles. The van der Waals surface area contributed by atoms with E-state index in [1.54, 1.807) is 0 Å². The van der Waals surface area contributed by atoms with Crippen molar-refractivity contribution in [2.45, 2.75) is 63.6 Å². The Bertz CT molecular complexity index is 181. The second-order valence-corrected chi connectivity index (χ2v) is 4.84. The predicted octanol–water partition coefficient (Wildman–Crippen LogP) is 2.50. The molecule has 2 aliphatic rings. The van der Waals surface area contributed by atoms with Gasteiger partial charge in [0.1, 0.15) is 0 Å². The monoisotopic (exact) mass is 198 g/mol. The largest absolute Gasteiger partial charge is 0.390 e. The lowest BCUT2D eigenvalue weighted by Crippen LogP contribution is -2.48. The Balaban J connectivity index is 2.00. The number of ether oxygens (including phenoxy) is 1. The summed E-state index contributed by atoms with van der Waals surface area (Å²) < 4.78 is 5.86. The van der Waals surface area contributed by atoms with E-state index < -0.39 is 0 Å². The number of hydrogen-bond acceptors (Lipinski definition) is 2. The van der Waals surface area contributed by atoms with Gasteiger partial charge >= 0.3 is 0 Å². The average molecular weight is 198 g/mol. The lowest BCUT2D eigenvalue weighted by molar-refractivity contribution is -0.146. The normalized spacial score (nSPS) is 28.7. The van der Waals surface area contributed by atoms with Gasteiger partial charge in [-0.05, 0) is 38.5 Å². The molecule has 0 aromatic rings. The van der Waals surface area contributed by atoms with Gasteiger partial charge in [-0.3, -0.25) is 0 Å². The first-order chi connectivity index (χ1) is 6.78. The standard InChI is InChI=1S/C12H22O2/c1-2-14-12(8-3-4-9-12)11(13)10-6-5-7-10/h10-11,13H,2-9H2,1H3. The average Bonchev–Trinajstić information content (AvgIpc) is 2.51. The molecule has 14 heavy (non-hydrogen) atoms. The Kier molecular flexibility index (Phi) is 3.13. The van der Waals surface area contributed by atoms with Gasteiger partial charge in [0.05, 0.1) is 11.7 Å². The molecule has 0 aliphatic heterocycles. The van der Waals surface area contributed by atoms with E-state index in [0.29, 0.717) is 5.92 Å². The fourth-order valence-electron chi connectivity index (χ4n) is 2.97. The Morgan fingerprint density at radius 1 is 1.29 bits per heavy atom. The molecule has 0 spiro atoms. The summed E-state index contributed by atoms with van der Waals surface area (Å²) in [6.45, 7) is 2.78. The zero-order chi connectivity index (χ0) is 10.0. The topological polar surface area (TPSA) is 29.5 Å². The van der Waals surface area contributed by atoms with Crippen LogP contribution in [0.2, 0.25) is 0 Å². The van der Waals surface area contributed by atoms with E-state index in [1.165, 1.54) is 32.1 Å². The second kappa shape index (κ2) is 4.19. The highest BCUT2D eigenvalue weighted by Crippen LogP contribution is 2.43. The lowest BCUT2D eigenvalue weighted by Gasteiger charge is -2.42. The highest BCUT2D eigenvalue weighted by molar-refractivity contribution is 4.97. The van der Waals surface area contributed by atoms with E-state index in [0.717, 1.165) is 19.4 Å². The van der Waals surface area contributed by atoms with Gasteiger partial charge in [-0.25, -0.2) is 0 Å². The number of rotatable bonds is 4. The van der Waals surface area contributed by atoms with Gasteiger partial charge < -0.3 is 9.84 Å². The Labute approximate surface area is 86.6 Å². The lowest BCUT2D eigenvalue weighted by atomic mass is 9.74. The van der Waals surface area contributed by atoms with Crippen LogP contribution >= 0.6 is 0 Å².